The Morgan fingerprint density at radius 2 is 1.89 bits per heavy atom. The van der Waals surface area contributed by atoms with E-state index >= 15 is 0 Å². The van der Waals surface area contributed by atoms with Gasteiger partial charge >= 0.3 is 5.97 Å². The van der Waals surface area contributed by atoms with Crippen LogP contribution >= 0.6 is 0 Å². The Kier molecular flexibility index (Phi) is 4.92. The number of esters is 1. The average molecular weight is 390 g/mol. The highest BCUT2D eigenvalue weighted by Gasteiger charge is 2.43. The predicted octanol–water partition coefficient (Wildman–Crippen LogP) is 1.40. The second kappa shape index (κ2) is 7.38. The Morgan fingerprint density at radius 3 is 2.57 bits per heavy atom. The Hall–Kier alpha value is -2.68. The molecule has 0 radical (unpaired) electrons. The van der Waals surface area contributed by atoms with Gasteiger partial charge in [-0.25, -0.2) is 13.9 Å². The number of anilines is 1. The van der Waals surface area contributed by atoms with Gasteiger partial charge in [-0.15, -0.1) is 5.10 Å². The van der Waals surface area contributed by atoms with Crippen molar-refractivity contribution in [1.29, 1.82) is 0 Å². The number of halogens is 1. The molecule has 2 aliphatic rings. The van der Waals surface area contributed by atoms with Crippen molar-refractivity contribution in [2.24, 2.45) is 18.9 Å². The largest absolute Gasteiger partial charge is 0.488 e. The molecular formula is C19H23FN4O4. The molecule has 150 valence electrons. The molecule has 1 aliphatic carbocycles. The van der Waals surface area contributed by atoms with Crippen LogP contribution in [0.15, 0.2) is 24.3 Å². The molecule has 2 fully saturated rings. The van der Waals surface area contributed by atoms with Crippen molar-refractivity contribution in [2.75, 3.05) is 25.1 Å². The number of carbonyl (C=O) groups is 1. The van der Waals surface area contributed by atoms with Crippen LogP contribution < -0.4 is 9.64 Å². The average Bonchev–Trinajstić information content (AvgIpc) is 3.26. The molecule has 28 heavy (non-hydrogen) atoms. The summed E-state index contributed by atoms with van der Waals surface area (Å²) >= 11 is 0. The number of aliphatic hydroxyl groups is 1. The molecule has 2 heterocycles. The van der Waals surface area contributed by atoms with Gasteiger partial charge in [-0.2, -0.15) is 4.98 Å². The van der Waals surface area contributed by atoms with Gasteiger partial charge in [0, 0.05) is 20.1 Å². The van der Waals surface area contributed by atoms with Crippen molar-refractivity contribution in [3.8, 4) is 5.75 Å². The van der Waals surface area contributed by atoms with Crippen LogP contribution in [0.1, 0.15) is 23.5 Å². The molecule has 1 aromatic carbocycles. The SMILES string of the molecule is COC(=O)c1nc(N2C[C@H]3C[C@@H](Oc4ccc(F)cc4)[C@H](O)C[C@H]3C2)n(C)n1. The topological polar surface area (TPSA) is 89.7 Å². The fourth-order valence-electron chi connectivity index (χ4n) is 4.20. The maximum absolute atomic E-state index is 13.1. The van der Waals surface area contributed by atoms with Crippen LogP contribution in [0.25, 0.3) is 0 Å². The molecule has 0 bridgehead atoms. The molecule has 8 nitrogen and oxygen atoms in total. The smallest absolute Gasteiger partial charge is 0.378 e. The van der Waals surface area contributed by atoms with Crippen LogP contribution in [0.5, 0.6) is 5.75 Å². The molecule has 1 aliphatic heterocycles. The maximum Gasteiger partial charge on any atom is 0.378 e. The van der Waals surface area contributed by atoms with E-state index in [1.54, 1.807) is 23.9 Å². The summed E-state index contributed by atoms with van der Waals surface area (Å²) in [5, 5.41) is 14.7. The lowest BCUT2D eigenvalue weighted by molar-refractivity contribution is -0.0231. The number of methoxy groups -OCH3 is 1. The number of hydrogen-bond acceptors (Lipinski definition) is 7. The van der Waals surface area contributed by atoms with Crippen LogP contribution in [0.3, 0.4) is 0 Å². The monoisotopic (exact) mass is 390 g/mol. The summed E-state index contributed by atoms with van der Waals surface area (Å²) in [6.45, 7) is 1.48. The lowest BCUT2D eigenvalue weighted by Gasteiger charge is -2.35. The lowest BCUT2D eigenvalue weighted by Crippen LogP contribution is -2.42. The molecule has 0 unspecified atom stereocenters. The Bertz CT molecular complexity index is 856. The minimum absolute atomic E-state index is 0.0347. The molecular weight excluding hydrogens is 367 g/mol. The second-order valence-corrected chi connectivity index (χ2v) is 7.42. The summed E-state index contributed by atoms with van der Waals surface area (Å²) in [6.07, 6.45) is 0.393. The first-order valence-electron chi connectivity index (χ1n) is 9.29. The van der Waals surface area contributed by atoms with Crippen LogP contribution in [-0.2, 0) is 11.8 Å². The van der Waals surface area contributed by atoms with Crippen LogP contribution in [0.4, 0.5) is 10.3 Å². The number of hydrogen-bond donors (Lipinski definition) is 1. The molecule has 1 saturated carbocycles. The fourth-order valence-corrected chi connectivity index (χ4v) is 4.20. The quantitative estimate of drug-likeness (QED) is 0.789. The van der Waals surface area contributed by atoms with Gasteiger partial charge in [-0.1, -0.05) is 0 Å². The van der Waals surface area contributed by atoms with Crippen molar-refractivity contribution < 1.29 is 23.8 Å². The third kappa shape index (κ3) is 3.54. The van der Waals surface area contributed by atoms with Crippen LogP contribution in [0, 0.1) is 17.7 Å². The zero-order valence-electron chi connectivity index (χ0n) is 15.8. The molecule has 4 rings (SSSR count). The van der Waals surface area contributed by atoms with Gasteiger partial charge in [0.15, 0.2) is 0 Å². The van der Waals surface area contributed by atoms with Gasteiger partial charge in [0.05, 0.1) is 13.2 Å². The van der Waals surface area contributed by atoms with E-state index in [-0.39, 0.29) is 17.7 Å². The van der Waals surface area contributed by atoms with Crippen molar-refractivity contribution in [2.45, 2.75) is 25.0 Å². The molecule has 1 saturated heterocycles. The zero-order chi connectivity index (χ0) is 19.8. The maximum atomic E-state index is 13.1. The van der Waals surface area contributed by atoms with Crippen LogP contribution in [0.2, 0.25) is 0 Å². The summed E-state index contributed by atoms with van der Waals surface area (Å²) in [7, 11) is 3.04. The van der Waals surface area contributed by atoms with E-state index < -0.39 is 12.1 Å². The lowest BCUT2D eigenvalue weighted by atomic mass is 9.78. The van der Waals surface area contributed by atoms with Gasteiger partial charge in [0.2, 0.25) is 5.95 Å². The molecule has 2 aromatic rings. The Morgan fingerprint density at radius 1 is 1.21 bits per heavy atom. The van der Waals surface area contributed by atoms with Crippen molar-refractivity contribution in [3.05, 3.63) is 35.9 Å². The van der Waals surface area contributed by atoms with E-state index in [0.29, 0.717) is 36.4 Å². The first-order valence-corrected chi connectivity index (χ1v) is 9.29. The van der Waals surface area contributed by atoms with Crippen molar-refractivity contribution in [1.82, 2.24) is 14.8 Å². The first-order chi connectivity index (χ1) is 13.4. The highest BCUT2D eigenvalue weighted by molar-refractivity contribution is 5.85. The standard InChI is InChI=1S/C19H23FN4O4/c1-23-19(21-17(22-23)18(26)27-2)24-9-11-7-15(25)16(8-12(11)10-24)28-14-5-3-13(20)4-6-14/h3-6,11-12,15-16,25H,7-10H2,1-2H3/t11-,12+,15+,16+/m0/s1. The van der Waals surface area contributed by atoms with E-state index in [2.05, 4.69) is 19.7 Å². The molecule has 9 heteroatoms. The number of aryl methyl sites for hydroxylation is 1. The number of rotatable bonds is 4. The summed E-state index contributed by atoms with van der Waals surface area (Å²) in [5.74, 6) is 0.940. The summed E-state index contributed by atoms with van der Waals surface area (Å²) < 4.78 is 25.3. The van der Waals surface area contributed by atoms with E-state index in [4.69, 9.17) is 4.74 Å². The number of fused-ring (bicyclic) bond motifs is 1. The van der Waals surface area contributed by atoms with Gasteiger partial charge in [0.25, 0.3) is 5.82 Å². The van der Waals surface area contributed by atoms with Gasteiger partial charge in [0.1, 0.15) is 17.7 Å². The fraction of sp³-hybridized carbons (Fsp3) is 0.526. The molecule has 0 amide bonds. The highest BCUT2D eigenvalue weighted by Crippen LogP contribution is 2.39. The van der Waals surface area contributed by atoms with Gasteiger partial charge < -0.3 is 19.5 Å². The Balaban J connectivity index is 1.45. The summed E-state index contributed by atoms with van der Waals surface area (Å²) in [4.78, 5) is 18.1. The van der Waals surface area contributed by atoms with E-state index in [1.165, 1.54) is 19.2 Å². The molecule has 1 N–H and O–H groups in total. The number of nitrogens with zero attached hydrogens (tertiary/aromatic N) is 4. The third-order valence-corrected chi connectivity index (χ3v) is 5.58. The van der Waals surface area contributed by atoms with E-state index in [1.807, 2.05) is 0 Å². The first kappa shape index (κ1) is 18.7. The van der Waals surface area contributed by atoms with Gasteiger partial charge in [-0.05, 0) is 48.9 Å². The second-order valence-electron chi connectivity index (χ2n) is 7.42. The molecule has 0 spiro atoms. The minimum atomic E-state index is -0.587. The number of benzene rings is 1. The summed E-state index contributed by atoms with van der Waals surface area (Å²) in [5.41, 5.74) is 0. The number of ether oxygens (including phenoxy) is 2. The zero-order valence-corrected chi connectivity index (χ0v) is 15.8. The van der Waals surface area contributed by atoms with E-state index in [0.717, 1.165) is 13.1 Å². The minimum Gasteiger partial charge on any atom is -0.488 e. The van der Waals surface area contributed by atoms with E-state index in [9.17, 15) is 14.3 Å². The number of carbonyl (C=O) groups excluding carboxylic acids is 1. The number of aromatic nitrogens is 3. The predicted molar refractivity (Wildman–Crippen MR) is 97.6 cm³/mol. The highest BCUT2D eigenvalue weighted by atomic mass is 19.1. The normalized spacial score (nSPS) is 26.8. The Labute approximate surface area is 161 Å². The van der Waals surface area contributed by atoms with Gasteiger partial charge in [-0.3, -0.25) is 0 Å². The van der Waals surface area contributed by atoms with Crippen LogP contribution in [-0.4, -0.2) is 58.2 Å². The summed E-state index contributed by atoms with van der Waals surface area (Å²) in [6, 6.07) is 5.83. The van der Waals surface area contributed by atoms with Crippen molar-refractivity contribution in [3.63, 3.8) is 0 Å². The third-order valence-electron chi connectivity index (χ3n) is 5.58. The number of aliphatic hydroxyl groups excluding tert-OH is 1. The molecule has 4 atom stereocenters. The molecule has 1 aromatic heterocycles. The van der Waals surface area contributed by atoms with Crippen molar-refractivity contribution >= 4 is 11.9 Å².